The summed E-state index contributed by atoms with van der Waals surface area (Å²) in [5.74, 6) is 0.959. The minimum Gasteiger partial charge on any atom is -0.508 e. The Morgan fingerprint density at radius 1 is 1.03 bits per heavy atom. The normalized spacial score (nSPS) is 14.3. The number of nitrogens with zero attached hydrogens (tertiary/aromatic N) is 3. The van der Waals surface area contributed by atoms with Crippen molar-refractivity contribution in [1.29, 1.82) is 0 Å². The van der Waals surface area contributed by atoms with Crippen molar-refractivity contribution in [2.75, 3.05) is 31.6 Å². The number of hydrogen-bond donors (Lipinski definition) is 2. The zero-order chi connectivity index (χ0) is 20.3. The van der Waals surface area contributed by atoms with E-state index in [2.05, 4.69) is 50.5 Å². The third-order valence-electron chi connectivity index (χ3n) is 5.14. The first-order valence-electron chi connectivity index (χ1n) is 9.95. The molecule has 0 spiro atoms. The molecule has 6 nitrogen and oxygen atoms in total. The lowest BCUT2D eigenvalue weighted by Gasteiger charge is -2.26. The van der Waals surface area contributed by atoms with Crippen LogP contribution in [0.3, 0.4) is 0 Å². The molecular formula is C23H23ClN4O2S. The molecule has 1 saturated heterocycles. The van der Waals surface area contributed by atoms with Gasteiger partial charge in [0.2, 0.25) is 0 Å². The highest BCUT2D eigenvalue weighted by atomic mass is 35.5. The van der Waals surface area contributed by atoms with E-state index in [0.717, 1.165) is 59.4 Å². The fourth-order valence-electron chi connectivity index (χ4n) is 3.65. The molecule has 0 bridgehead atoms. The largest absolute Gasteiger partial charge is 0.508 e. The average Bonchev–Trinajstić information content (AvgIpc) is 3.20. The van der Waals surface area contributed by atoms with Crippen LogP contribution in [0.4, 0.5) is 11.5 Å². The molecule has 0 unspecified atom stereocenters. The Bertz CT molecular complexity index is 1180. The molecule has 0 amide bonds. The maximum atomic E-state index is 9.72. The molecule has 0 aliphatic carbocycles. The van der Waals surface area contributed by atoms with Crippen LogP contribution in [0.15, 0.2) is 60.9 Å². The van der Waals surface area contributed by atoms with Crippen molar-refractivity contribution in [1.82, 2.24) is 14.9 Å². The van der Waals surface area contributed by atoms with Crippen LogP contribution in [-0.4, -0.2) is 46.3 Å². The van der Waals surface area contributed by atoms with Crippen molar-refractivity contribution >= 4 is 45.5 Å². The predicted octanol–water partition coefficient (Wildman–Crippen LogP) is 5.06. The Morgan fingerprint density at radius 2 is 1.87 bits per heavy atom. The van der Waals surface area contributed by atoms with E-state index >= 15 is 0 Å². The molecule has 8 heteroatoms. The van der Waals surface area contributed by atoms with Crippen LogP contribution in [0.2, 0.25) is 0 Å². The molecule has 2 aromatic carbocycles. The molecule has 31 heavy (non-hydrogen) atoms. The van der Waals surface area contributed by atoms with Gasteiger partial charge >= 0.3 is 0 Å². The zero-order valence-electron chi connectivity index (χ0n) is 16.8. The van der Waals surface area contributed by atoms with Crippen molar-refractivity contribution in [3.05, 3.63) is 66.5 Å². The number of morpholine rings is 1. The van der Waals surface area contributed by atoms with Crippen LogP contribution in [0.1, 0.15) is 5.56 Å². The molecule has 0 atom stereocenters. The minimum atomic E-state index is 0. The van der Waals surface area contributed by atoms with Gasteiger partial charge in [0.15, 0.2) is 5.82 Å². The van der Waals surface area contributed by atoms with E-state index in [1.807, 2.05) is 6.07 Å². The Labute approximate surface area is 190 Å². The van der Waals surface area contributed by atoms with Crippen molar-refractivity contribution in [2.24, 2.45) is 0 Å². The van der Waals surface area contributed by atoms with Crippen molar-refractivity contribution in [2.45, 2.75) is 6.54 Å². The standard InChI is InChI=1S/C23H22N4O2S.ClH/c28-19-6-2-5-18(12-19)26-23-22-20(24-15-25-23)13-21(30-22)17-4-1-3-16(11-17)14-27-7-9-29-10-8-27;/h1-6,11-13,15,28H,7-10,14H2,(H,24,25,26);1H. The lowest BCUT2D eigenvalue weighted by Crippen LogP contribution is -2.35. The second kappa shape index (κ2) is 9.62. The summed E-state index contributed by atoms with van der Waals surface area (Å²) in [6.45, 7) is 4.51. The van der Waals surface area contributed by atoms with Crippen LogP contribution in [0.5, 0.6) is 5.75 Å². The maximum Gasteiger partial charge on any atom is 0.151 e. The van der Waals surface area contributed by atoms with Crippen LogP contribution in [-0.2, 0) is 11.3 Å². The van der Waals surface area contributed by atoms with Crippen LogP contribution in [0, 0.1) is 0 Å². The summed E-state index contributed by atoms with van der Waals surface area (Å²) >= 11 is 1.67. The Morgan fingerprint density at radius 3 is 2.71 bits per heavy atom. The molecule has 1 fully saturated rings. The number of fused-ring (bicyclic) bond motifs is 1. The summed E-state index contributed by atoms with van der Waals surface area (Å²) in [5.41, 5.74) is 4.19. The number of aromatic hydroxyl groups is 1. The van der Waals surface area contributed by atoms with E-state index in [4.69, 9.17) is 4.74 Å². The van der Waals surface area contributed by atoms with Crippen LogP contribution in [0.25, 0.3) is 20.7 Å². The summed E-state index contributed by atoms with van der Waals surface area (Å²) in [4.78, 5) is 12.5. The second-order valence-corrected chi connectivity index (χ2v) is 8.36. The first-order chi connectivity index (χ1) is 14.7. The van der Waals surface area contributed by atoms with Crippen molar-refractivity contribution < 1.29 is 9.84 Å². The smallest absolute Gasteiger partial charge is 0.151 e. The molecule has 1 aliphatic rings. The molecule has 1 aliphatic heterocycles. The van der Waals surface area contributed by atoms with E-state index in [-0.39, 0.29) is 18.2 Å². The molecule has 3 heterocycles. The maximum absolute atomic E-state index is 9.72. The highest BCUT2D eigenvalue weighted by Crippen LogP contribution is 2.37. The minimum absolute atomic E-state index is 0. The molecule has 0 radical (unpaired) electrons. The summed E-state index contributed by atoms with van der Waals surface area (Å²) in [5, 5.41) is 13.0. The predicted molar refractivity (Wildman–Crippen MR) is 128 cm³/mol. The third-order valence-corrected chi connectivity index (χ3v) is 6.32. The van der Waals surface area contributed by atoms with Gasteiger partial charge in [0.1, 0.15) is 12.1 Å². The van der Waals surface area contributed by atoms with Gasteiger partial charge in [0.05, 0.1) is 23.4 Å². The van der Waals surface area contributed by atoms with Gasteiger partial charge in [-0.3, -0.25) is 4.90 Å². The molecule has 2 N–H and O–H groups in total. The third kappa shape index (κ3) is 4.97. The number of phenolic OH excluding ortho intramolecular Hbond substituents is 1. The second-order valence-electron chi connectivity index (χ2n) is 7.31. The Hall–Kier alpha value is -2.71. The number of hydrogen-bond acceptors (Lipinski definition) is 7. The quantitative estimate of drug-likeness (QED) is 0.439. The number of aromatic nitrogens is 2. The first kappa shape index (κ1) is 21.5. The number of anilines is 2. The van der Waals surface area contributed by atoms with E-state index in [0.29, 0.717) is 0 Å². The average molecular weight is 455 g/mol. The number of phenols is 1. The van der Waals surface area contributed by atoms with Gasteiger partial charge in [-0.1, -0.05) is 24.3 Å². The fraction of sp³-hybridized carbons (Fsp3) is 0.217. The van der Waals surface area contributed by atoms with Gasteiger partial charge in [-0.15, -0.1) is 23.7 Å². The topological polar surface area (TPSA) is 70.5 Å². The number of nitrogens with one attached hydrogen (secondary N) is 1. The lowest BCUT2D eigenvalue weighted by atomic mass is 10.1. The number of halogens is 1. The van der Waals surface area contributed by atoms with Crippen molar-refractivity contribution in [3.63, 3.8) is 0 Å². The van der Waals surface area contributed by atoms with E-state index in [1.165, 1.54) is 11.1 Å². The number of benzene rings is 2. The van der Waals surface area contributed by atoms with E-state index < -0.39 is 0 Å². The molecule has 4 aromatic rings. The molecule has 0 saturated carbocycles. The van der Waals surface area contributed by atoms with Gasteiger partial charge in [-0.05, 0) is 35.4 Å². The Balaban J connectivity index is 0.00000231. The first-order valence-corrected chi connectivity index (χ1v) is 10.8. The molecule has 5 rings (SSSR count). The van der Waals surface area contributed by atoms with E-state index in [9.17, 15) is 5.11 Å². The summed E-state index contributed by atoms with van der Waals surface area (Å²) in [6, 6.07) is 17.8. The van der Waals surface area contributed by atoms with Gasteiger partial charge in [-0.25, -0.2) is 9.97 Å². The highest BCUT2D eigenvalue weighted by Gasteiger charge is 2.13. The number of rotatable bonds is 5. The number of thiophene rings is 1. The SMILES string of the molecule is Cl.Oc1cccc(Nc2ncnc3cc(-c4cccc(CN5CCOCC5)c4)sc23)c1. The summed E-state index contributed by atoms with van der Waals surface area (Å²) in [6.07, 6.45) is 1.57. The molecular weight excluding hydrogens is 432 g/mol. The Kier molecular flexibility index (Phi) is 6.67. The van der Waals surface area contributed by atoms with Crippen LogP contribution < -0.4 is 5.32 Å². The molecule has 2 aromatic heterocycles. The van der Waals surface area contributed by atoms with Gasteiger partial charge in [0.25, 0.3) is 0 Å². The summed E-state index contributed by atoms with van der Waals surface area (Å²) < 4.78 is 6.45. The monoisotopic (exact) mass is 454 g/mol. The fourth-order valence-corrected chi connectivity index (χ4v) is 4.70. The van der Waals surface area contributed by atoms with Gasteiger partial charge < -0.3 is 15.2 Å². The van der Waals surface area contributed by atoms with Gasteiger partial charge in [-0.2, -0.15) is 0 Å². The van der Waals surface area contributed by atoms with Crippen molar-refractivity contribution in [3.8, 4) is 16.2 Å². The lowest BCUT2D eigenvalue weighted by molar-refractivity contribution is 0.0342. The zero-order valence-corrected chi connectivity index (χ0v) is 18.5. The highest BCUT2D eigenvalue weighted by molar-refractivity contribution is 7.22. The summed E-state index contributed by atoms with van der Waals surface area (Å²) in [7, 11) is 0. The van der Waals surface area contributed by atoms with E-state index in [1.54, 1.807) is 35.9 Å². The van der Waals surface area contributed by atoms with Crippen LogP contribution >= 0.6 is 23.7 Å². The molecule has 160 valence electrons. The number of ether oxygens (including phenoxy) is 1. The van der Waals surface area contributed by atoms with Gasteiger partial charge in [0, 0.05) is 36.3 Å².